The van der Waals surface area contributed by atoms with Gasteiger partial charge < -0.3 is 5.32 Å². The van der Waals surface area contributed by atoms with E-state index < -0.39 is 15.8 Å². The maximum atomic E-state index is 13.2. The molecule has 8 heteroatoms. The van der Waals surface area contributed by atoms with Crippen LogP contribution in [0.2, 0.25) is 0 Å². The molecule has 128 valence electrons. The molecule has 23 heavy (non-hydrogen) atoms. The average Bonchev–Trinajstić information content (AvgIpc) is 2.53. The summed E-state index contributed by atoms with van der Waals surface area (Å²) in [5.41, 5.74) is 0. The number of benzene rings is 1. The Bertz CT molecular complexity index is 643. The normalized spacial score (nSPS) is 17.1. The van der Waals surface area contributed by atoms with Gasteiger partial charge in [0.1, 0.15) is 5.82 Å². The molecule has 1 aromatic rings. The number of nitrogens with one attached hydrogen (secondary N) is 1. The number of piperazine rings is 1. The first-order chi connectivity index (χ1) is 10.9. The Kier molecular flexibility index (Phi) is 6.09. The fraction of sp³-hybridized carbons (Fsp3) is 0.533. The molecule has 0 spiro atoms. The molecule has 1 aliphatic heterocycles. The Balaban J connectivity index is 1.92. The number of rotatable bonds is 6. The molecule has 0 bridgehead atoms. The predicted octanol–water partition coefficient (Wildman–Crippen LogP) is 0.658. The van der Waals surface area contributed by atoms with E-state index in [4.69, 9.17) is 0 Å². The highest BCUT2D eigenvalue weighted by Crippen LogP contribution is 2.18. The van der Waals surface area contributed by atoms with Gasteiger partial charge >= 0.3 is 0 Å². The van der Waals surface area contributed by atoms with Gasteiger partial charge in [0.25, 0.3) is 0 Å². The van der Waals surface area contributed by atoms with Crippen LogP contribution in [0.15, 0.2) is 29.2 Å². The number of hydrogen-bond acceptors (Lipinski definition) is 4. The number of halogens is 1. The lowest BCUT2D eigenvalue weighted by Crippen LogP contribution is -2.51. The summed E-state index contributed by atoms with van der Waals surface area (Å²) in [5.74, 6) is -0.620. The number of sulfonamides is 1. The first-order valence-corrected chi connectivity index (χ1v) is 9.12. The van der Waals surface area contributed by atoms with Crippen molar-refractivity contribution < 1.29 is 17.6 Å². The van der Waals surface area contributed by atoms with Crippen LogP contribution in [-0.4, -0.2) is 62.8 Å². The van der Waals surface area contributed by atoms with Crippen LogP contribution in [0.5, 0.6) is 0 Å². The minimum atomic E-state index is -3.68. The maximum absolute atomic E-state index is 13.2. The molecule has 1 heterocycles. The molecule has 0 aliphatic carbocycles. The van der Waals surface area contributed by atoms with Crippen LogP contribution >= 0.6 is 0 Å². The van der Waals surface area contributed by atoms with Crippen LogP contribution in [0.1, 0.15) is 13.3 Å². The van der Waals surface area contributed by atoms with E-state index in [1.54, 1.807) is 0 Å². The van der Waals surface area contributed by atoms with Crippen LogP contribution in [-0.2, 0) is 14.8 Å². The summed E-state index contributed by atoms with van der Waals surface area (Å²) in [6, 6.07) is 5.02. The van der Waals surface area contributed by atoms with Crippen molar-refractivity contribution >= 4 is 15.9 Å². The van der Waals surface area contributed by atoms with Crippen molar-refractivity contribution in [2.75, 3.05) is 39.3 Å². The zero-order valence-corrected chi connectivity index (χ0v) is 14.0. The van der Waals surface area contributed by atoms with Gasteiger partial charge in [0.05, 0.1) is 11.4 Å². The topological polar surface area (TPSA) is 69.7 Å². The van der Waals surface area contributed by atoms with Gasteiger partial charge in [0, 0.05) is 32.7 Å². The molecule has 0 atom stereocenters. The summed E-state index contributed by atoms with van der Waals surface area (Å²) >= 11 is 0. The summed E-state index contributed by atoms with van der Waals surface area (Å²) < 4.78 is 39.5. The summed E-state index contributed by atoms with van der Waals surface area (Å²) in [6.45, 7) is 4.44. The molecule has 0 radical (unpaired) electrons. The van der Waals surface area contributed by atoms with Crippen LogP contribution in [0.3, 0.4) is 0 Å². The number of amides is 1. The van der Waals surface area contributed by atoms with Crippen molar-refractivity contribution in [2.24, 2.45) is 0 Å². The maximum Gasteiger partial charge on any atom is 0.243 e. The van der Waals surface area contributed by atoms with E-state index in [-0.39, 0.29) is 17.3 Å². The summed E-state index contributed by atoms with van der Waals surface area (Å²) in [6.07, 6.45) is 0.880. The van der Waals surface area contributed by atoms with E-state index in [1.165, 1.54) is 22.5 Å². The van der Waals surface area contributed by atoms with Gasteiger partial charge in [-0.25, -0.2) is 12.8 Å². The zero-order valence-electron chi connectivity index (χ0n) is 13.2. The summed E-state index contributed by atoms with van der Waals surface area (Å²) in [4.78, 5) is 13.6. The predicted molar refractivity (Wildman–Crippen MR) is 84.9 cm³/mol. The first kappa shape index (κ1) is 17.8. The Labute approximate surface area is 136 Å². The highest BCUT2D eigenvalue weighted by molar-refractivity contribution is 7.89. The number of hydrogen-bond donors (Lipinski definition) is 1. The molecular weight excluding hydrogens is 321 g/mol. The monoisotopic (exact) mass is 343 g/mol. The van der Waals surface area contributed by atoms with Crippen molar-refractivity contribution in [2.45, 2.75) is 18.2 Å². The van der Waals surface area contributed by atoms with Gasteiger partial charge in [-0.1, -0.05) is 13.0 Å². The van der Waals surface area contributed by atoms with E-state index in [9.17, 15) is 17.6 Å². The van der Waals surface area contributed by atoms with Crippen molar-refractivity contribution in [3.63, 3.8) is 0 Å². The molecule has 0 saturated carbocycles. The minimum absolute atomic E-state index is 0.0355. The zero-order chi connectivity index (χ0) is 16.9. The third-order valence-electron chi connectivity index (χ3n) is 3.70. The standard InChI is InChI=1S/C15H22FN3O3S/c1-2-6-17-15(20)12-18-7-9-19(10-8-18)23(21,22)14-5-3-4-13(16)11-14/h3-5,11H,2,6-10,12H2,1H3,(H,17,20). The Morgan fingerprint density at radius 3 is 2.57 bits per heavy atom. The number of carbonyl (C=O) groups is 1. The molecular formula is C15H22FN3O3S. The third-order valence-corrected chi connectivity index (χ3v) is 5.60. The highest BCUT2D eigenvalue weighted by atomic mass is 32.2. The second-order valence-corrected chi connectivity index (χ2v) is 7.43. The fourth-order valence-electron chi connectivity index (χ4n) is 2.43. The fourth-order valence-corrected chi connectivity index (χ4v) is 3.88. The summed E-state index contributed by atoms with van der Waals surface area (Å²) in [5, 5.41) is 2.80. The summed E-state index contributed by atoms with van der Waals surface area (Å²) in [7, 11) is -3.68. The SMILES string of the molecule is CCCNC(=O)CN1CCN(S(=O)(=O)c2cccc(F)c2)CC1. The molecule has 1 amide bonds. The van der Waals surface area contributed by atoms with Crippen molar-refractivity contribution in [3.8, 4) is 0 Å². The van der Waals surface area contributed by atoms with Crippen molar-refractivity contribution in [1.82, 2.24) is 14.5 Å². The largest absolute Gasteiger partial charge is 0.355 e. The minimum Gasteiger partial charge on any atom is -0.355 e. The van der Waals surface area contributed by atoms with Crippen molar-refractivity contribution in [1.29, 1.82) is 0 Å². The molecule has 0 aromatic heterocycles. The highest BCUT2D eigenvalue weighted by Gasteiger charge is 2.29. The van der Waals surface area contributed by atoms with E-state index >= 15 is 0 Å². The van der Waals surface area contributed by atoms with Gasteiger partial charge in [-0.15, -0.1) is 0 Å². The number of nitrogens with zero attached hydrogens (tertiary/aromatic N) is 2. The Morgan fingerprint density at radius 1 is 1.26 bits per heavy atom. The first-order valence-electron chi connectivity index (χ1n) is 7.68. The molecule has 1 N–H and O–H groups in total. The molecule has 1 fully saturated rings. The van der Waals surface area contributed by atoms with Gasteiger partial charge in [-0.2, -0.15) is 4.31 Å². The lowest BCUT2D eigenvalue weighted by molar-refractivity contribution is -0.122. The lowest BCUT2D eigenvalue weighted by atomic mass is 10.3. The van der Waals surface area contributed by atoms with Gasteiger partial charge in [-0.3, -0.25) is 9.69 Å². The number of carbonyl (C=O) groups excluding carboxylic acids is 1. The molecule has 1 aliphatic rings. The Hall–Kier alpha value is -1.51. The quantitative estimate of drug-likeness (QED) is 0.824. The third kappa shape index (κ3) is 4.73. The Morgan fingerprint density at radius 2 is 1.96 bits per heavy atom. The van der Waals surface area contributed by atoms with Crippen LogP contribution in [0, 0.1) is 5.82 Å². The molecule has 0 unspecified atom stereocenters. The molecule has 2 rings (SSSR count). The van der Waals surface area contributed by atoms with Gasteiger partial charge in [-0.05, 0) is 24.6 Å². The second-order valence-electron chi connectivity index (χ2n) is 5.49. The van der Waals surface area contributed by atoms with E-state index in [0.29, 0.717) is 32.7 Å². The smallest absolute Gasteiger partial charge is 0.243 e. The van der Waals surface area contributed by atoms with Crippen LogP contribution in [0.4, 0.5) is 4.39 Å². The van der Waals surface area contributed by atoms with Crippen molar-refractivity contribution in [3.05, 3.63) is 30.1 Å². The average molecular weight is 343 g/mol. The molecule has 6 nitrogen and oxygen atoms in total. The van der Waals surface area contributed by atoms with Crippen LogP contribution in [0.25, 0.3) is 0 Å². The van der Waals surface area contributed by atoms with Crippen LogP contribution < -0.4 is 5.32 Å². The van der Waals surface area contributed by atoms with E-state index in [2.05, 4.69) is 5.32 Å². The second kappa shape index (κ2) is 7.85. The van der Waals surface area contributed by atoms with E-state index in [1.807, 2.05) is 11.8 Å². The van der Waals surface area contributed by atoms with E-state index in [0.717, 1.165) is 12.5 Å². The molecule has 1 saturated heterocycles. The lowest BCUT2D eigenvalue weighted by Gasteiger charge is -2.33. The molecule has 1 aromatic carbocycles. The van der Waals surface area contributed by atoms with Gasteiger partial charge in [0.15, 0.2) is 0 Å². The van der Waals surface area contributed by atoms with Gasteiger partial charge in [0.2, 0.25) is 15.9 Å².